The van der Waals surface area contributed by atoms with Crippen LogP contribution in [0.15, 0.2) is 0 Å². The summed E-state index contributed by atoms with van der Waals surface area (Å²) in [6, 6.07) is 0. The lowest BCUT2D eigenvalue weighted by Crippen LogP contribution is -2.43. The molecule has 6 heteroatoms. The minimum atomic E-state index is -0.870. The molecule has 1 heterocycles. The molecular formula is C16H28N2O4. The number of likely N-dealkylation sites (tertiary alicyclic amines) is 1. The highest BCUT2D eigenvalue weighted by molar-refractivity contribution is 5.86. The number of aliphatic carboxylic acids is 1. The first-order chi connectivity index (χ1) is 9.98. The summed E-state index contributed by atoms with van der Waals surface area (Å²) >= 11 is 0. The van der Waals surface area contributed by atoms with Gasteiger partial charge in [0, 0.05) is 19.5 Å². The van der Waals surface area contributed by atoms with E-state index >= 15 is 0 Å². The van der Waals surface area contributed by atoms with Crippen LogP contribution >= 0.6 is 0 Å². The monoisotopic (exact) mass is 312 g/mol. The van der Waals surface area contributed by atoms with Gasteiger partial charge in [-0.3, -0.25) is 14.4 Å². The number of amides is 2. The molecule has 0 radical (unpaired) electrons. The molecule has 1 atom stereocenters. The zero-order valence-corrected chi connectivity index (χ0v) is 14.2. The van der Waals surface area contributed by atoms with Crippen molar-refractivity contribution in [3.05, 3.63) is 0 Å². The maximum atomic E-state index is 12.2. The van der Waals surface area contributed by atoms with E-state index in [1.54, 1.807) is 4.90 Å². The van der Waals surface area contributed by atoms with Crippen LogP contribution < -0.4 is 5.32 Å². The number of carboxylic acid groups (broad SMARTS) is 1. The lowest BCUT2D eigenvalue weighted by molar-refractivity contribution is -0.151. The third-order valence-corrected chi connectivity index (χ3v) is 4.31. The molecule has 22 heavy (non-hydrogen) atoms. The smallest absolute Gasteiger partial charge is 0.311 e. The van der Waals surface area contributed by atoms with Crippen molar-refractivity contribution >= 4 is 17.8 Å². The van der Waals surface area contributed by atoms with E-state index in [-0.39, 0.29) is 36.2 Å². The molecule has 1 rings (SSSR count). The van der Waals surface area contributed by atoms with Gasteiger partial charge in [-0.1, -0.05) is 34.6 Å². The third-order valence-electron chi connectivity index (χ3n) is 4.31. The molecule has 0 bridgehead atoms. The second kappa shape index (κ2) is 6.67. The van der Waals surface area contributed by atoms with Crippen LogP contribution in [0.3, 0.4) is 0 Å². The van der Waals surface area contributed by atoms with E-state index in [1.165, 1.54) is 0 Å². The SMILES string of the molecule is CC(C)C1(C(=O)O)CCN(C(=O)CNC(=O)CC(C)(C)C)C1. The number of carbonyl (C=O) groups is 3. The van der Waals surface area contributed by atoms with Crippen molar-refractivity contribution < 1.29 is 19.5 Å². The molecule has 0 saturated carbocycles. The molecular weight excluding hydrogens is 284 g/mol. The van der Waals surface area contributed by atoms with E-state index in [0.717, 1.165) is 0 Å². The Morgan fingerprint density at radius 2 is 1.86 bits per heavy atom. The first-order valence-corrected chi connectivity index (χ1v) is 7.76. The van der Waals surface area contributed by atoms with E-state index in [0.29, 0.717) is 19.4 Å². The second-order valence-corrected chi connectivity index (χ2v) is 7.70. The summed E-state index contributed by atoms with van der Waals surface area (Å²) < 4.78 is 0. The van der Waals surface area contributed by atoms with E-state index in [4.69, 9.17) is 0 Å². The molecule has 0 aliphatic carbocycles. The van der Waals surface area contributed by atoms with E-state index in [9.17, 15) is 19.5 Å². The molecule has 1 fully saturated rings. The zero-order chi connectivity index (χ0) is 17.1. The van der Waals surface area contributed by atoms with Crippen LogP contribution in [0.2, 0.25) is 0 Å². The third kappa shape index (κ3) is 4.45. The van der Waals surface area contributed by atoms with Gasteiger partial charge >= 0.3 is 5.97 Å². The summed E-state index contributed by atoms with van der Waals surface area (Å²) in [5.74, 6) is -1.27. The highest BCUT2D eigenvalue weighted by atomic mass is 16.4. The summed E-state index contributed by atoms with van der Waals surface area (Å²) in [5.41, 5.74) is -0.998. The van der Waals surface area contributed by atoms with Gasteiger partial charge in [0.2, 0.25) is 11.8 Å². The number of nitrogens with one attached hydrogen (secondary N) is 1. The maximum Gasteiger partial charge on any atom is 0.311 e. The van der Waals surface area contributed by atoms with Crippen molar-refractivity contribution in [1.82, 2.24) is 10.2 Å². The minimum absolute atomic E-state index is 0.0433. The van der Waals surface area contributed by atoms with Crippen LogP contribution in [-0.4, -0.2) is 47.4 Å². The van der Waals surface area contributed by atoms with E-state index in [1.807, 2.05) is 34.6 Å². The van der Waals surface area contributed by atoms with E-state index in [2.05, 4.69) is 5.32 Å². The van der Waals surface area contributed by atoms with Gasteiger partial charge in [-0.2, -0.15) is 0 Å². The molecule has 126 valence electrons. The van der Waals surface area contributed by atoms with Crippen LogP contribution in [0.1, 0.15) is 47.5 Å². The number of carbonyl (C=O) groups excluding carboxylic acids is 2. The van der Waals surface area contributed by atoms with Gasteiger partial charge in [0.1, 0.15) is 0 Å². The lowest BCUT2D eigenvalue weighted by Gasteiger charge is -2.28. The Kier molecular flexibility index (Phi) is 5.59. The highest BCUT2D eigenvalue weighted by Crippen LogP contribution is 2.38. The van der Waals surface area contributed by atoms with Crippen LogP contribution in [0.25, 0.3) is 0 Å². The van der Waals surface area contributed by atoms with Gasteiger partial charge in [-0.05, 0) is 17.8 Å². The summed E-state index contributed by atoms with van der Waals surface area (Å²) in [5, 5.41) is 12.1. The van der Waals surface area contributed by atoms with Gasteiger partial charge in [0.25, 0.3) is 0 Å². The molecule has 0 spiro atoms. The Hall–Kier alpha value is -1.59. The fraction of sp³-hybridized carbons (Fsp3) is 0.812. The Bertz CT molecular complexity index is 454. The second-order valence-electron chi connectivity index (χ2n) is 7.70. The summed E-state index contributed by atoms with van der Waals surface area (Å²) in [6.45, 7) is 10.2. The summed E-state index contributed by atoms with van der Waals surface area (Å²) in [4.78, 5) is 37.0. The van der Waals surface area contributed by atoms with Gasteiger partial charge < -0.3 is 15.3 Å². The summed E-state index contributed by atoms with van der Waals surface area (Å²) in [7, 11) is 0. The molecule has 1 saturated heterocycles. The zero-order valence-electron chi connectivity index (χ0n) is 14.2. The summed E-state index contributed by atoms with van der Waals surface area (Å²) in [6.07, 6.45) is 0.813. The molecule has 1 aliphatic heterocycles. The number of carboxylic acids is 1. The Morgan fingerprint density at radius 1 is 1.27 bits per heavy atom. The van der Waals surface area contributed by atoms with Crippen LogP contribution in [0, 0.1) is 16.7 Å². The minimum Gasteiger partial charge on any atom is -0.481 e. The number of hydrogen-bond donors (Lipinski definition) is 2. The van der Waals surface area contributed by atoms with Crippen LogP contribution in [0.4, 0.5) is 0 Å². The number of hydrogen-bond acceptors (Lipinski definition) is 3. The fourth-order valence-corrected chi connectivity index (χ4v) is 2.77. The Morgan fingerprint density at radius 3 is 2.27 bits per heavy atom. The van der Waals surface area contributed by atoms with Gasteiger partial charge in [-0.25, -0.2) is 0 Å². The standard InChI is InChI=1S/C16H28N2O4/c1-11(2)16(14(21)22)6-7-18(10-16)13(20)9-17-12(19)8-15(3,4)5/h11H,6-10H2,1-5H3,(H,17,19)(H,21,22). The average Bonchev–Trinajstić information content (AvgIpc) is 2.80. The first kappa shape index (κ1) is 18.5. The highest BCUT2D eigenvalue weighted by Gasteiger charge is 2.48. The Labute approximate surface area is 132 Å². The molecule has 6 nitrogen and oxygen atoms in total. The van der Waals surface area contributed by atoms with Crippen molar-refractivity contribution in [3.63, 3.8) is 0 Å². The number of nitrogens with zero attached hydrogens (tertiary/aromatic N) is 1. The fourth-order valence-electron chi connectivity index (χ4n) is 2.77. The van der Waals surface area contributed by atoms with Crippen molar-refractivity contribution in [1.29, 1.82) is 0 Å². The average molecular weight is 312 g/mol. The van der Waals surface area contributed by atoms with Gasteiger partial charge in [-0.15, -0.1) is 0 Å². The molecule has 2 N–H and O–H groups in total. The largest absolute Gasteiger partial charge is 0.481 e. The van der Waals surface area contributed by atoms with Crippen molar-refractivity contribution in [3.8, 4) is 0 Å². The van der Waals surface area contributed by atoms with Crippen molar-refractivity contribution in [2.75, 3.05) is 19.6 Å². The molecule has 0 aromatic rings. The molecule has 0 aromatic heterocycles. The molecule has 2 amide bonds. The first-order valence-electron chi connectivity index (χ1n) is 7.76. The van der Waals surface area contributed by atoms with Crippen molar-refractivity contribution in [2.24, 2.45) is 16.7 Å². The molecule has 1 aliphatic rings. The van der Waals surface area contributed by atoms with E-state index < -0.39 is 11.4 Å². The van der Waals surface area contributed by atoms with Gasteiger partial charge in [0.15, 0.2) is 0 Å². The van der Waals surface area contributed by atoms with Crippen molar-refractivity contribution in [2.45, 2.75) is 47.5 Å². The molecule has 0 aromatic carbocycles. The Balaban J connectivity index is 2.55. The molecule has 1 unspecified atom stereocenters. The number of rotatable bonds is 5. The van der Waals surface area contributed by atoms with Crippen LogP contribution in [-0.2, 0) is 14.4 Å². The topological polar surface area (TPSA) is 86.7 Å². The predicted octanol–water partition coefficient (Wildman–Crippen LogP) is 1.50. The maximum absolute atomic E-state index is 12.2. The normalized spacial score (nSPS) is 22.0. The lowest BCUT2D eigenvalue weighted by atomic mass is 9.76. The van der Waals surface area contributed by atoms with Gasteiger partial charge in [0.05, 0.1) is 12.0 Å². The quantitative estimate of drug-likeness (QED) is 0.805. The predicted molar refractivity (Wildman–Crippen MR) is 83.2 cm³/mol. The van der Waals surface area contributed by atoms with Crippen LogP contribution in [0.5, 0.6) is 0 Å².